The number of esters is 1. The predicted octanol–water partition coefficient (Wildman–Crippen LogP) is -1.04. The number of ether oxygens (including phenoxy) is 2. The first-order valence-electron chi connectivity index (χ1n) is 6.01. The van der Waals surface area contributed by atoms with Crippen molar-refractivity contribution >= 4 is 17.6 Å². The largest absolute Gasteiger partial charge is 0.464 e. The topological polar surface area (TPSA) is 160 Å². The van der Waals surface area contributed by atoms with Crippen LogP contribution in [0, 0.1) is 10.1 Å². The number of nitrogens with zero attached hydrogens (tertiary/aromatic N) is 2. The van der Waals surface area contributed by atoms with Gasteiger partial charge in [-0.05, 0) is 6.42 Å². The first-order valence-corrected chi connectivity index (χ1v) is 6.01. The molecule has 0 aromatic rings. The van der Waals surface area contributed by atoms with Gasteiger partial charge in [-0.3, -0.25) is 19.9 Å². The van der Waals surface area contributed by atoms with Crippen LogP contribution < -0.4 is 11.5 Å². The third kappa shape index (κ3) is 5.99. The summed E-state index contributed by atoms with van der Waals surface area (Å²) in [5, 5.41) is 11.0. The Balaban J connectivity index is 5.38. The van der Waals surface area contributed by atoms with E-state index in [-0.39, 0.29) is 13.2 Å². The van der Waals surface area contributed by atoms with Gasteiger partial charge in [-0.15, -0.1) is 0 Å². The lowest BCUT2D eigenvalue weighted by Gasteiger charge is -2.04. The quantitative estimate of drug-likeness (QED) is 0.137. The lowest BCUT2D eigenvalue weighted by Crippen LogP contribution is -2.33. The van der Waals surface area contributed by atoms with Gasteiger partial charge < -0.3 is 20.9 Å². The Labute approximate surface area is 120 Å². The molecule has 10 heteroatoms. The van der Waals surface area contributed by atoms with Crippen LogP contribution in [0.5, 0.6) is 0 Å². The number of carbonyl (C=O) groups is 2. The number of primary amides is 1. The number of rotatable bonds is 9. The van der Waals surface area contributed by atoms with Gasteiger partial charge in [-0.25, -0.2) is 4.79 Å². The number of aliphatic imine (C=N–C) groups is 1. The van der Waals surface area contributed by atoms with Gasteiger partial charge in [0.25, 0.3) is 5.91 Å². The summed E-state index contributed by atoms with van der Waals surface area (Å²) in [4.78, 5) is 36.2. The molecule has 0 aromatic carbocycles. The molecule has 0 saturated heterocycles. The van der Waals surface area contributed by atoms with Crippen LogP contribution >= 0.6 is 0 Å². The van der Waals surface area contributed by atoms with Gasteiger partial charge in [0.05, 0.1) is 25.2 Å². The van der Waals surface area contributed by atoms with Crippen LogP contribution in [0.15, 0.2) is 16.4 Å². The molecule has 0 unspecified atom stereocenters. The van der Waals surface area contributed by atoms with Crippen LogP contribution in [0.3, 0.4) is 0 Å². The average molecular weight is 302 g/mol. The Bertz CT molecular complexity index is 471. The number of nitrogens with two attached hydrogens (primary N) is 2. The summed E-state index contributed by atoms with van der Waals surface area (Å²) in [7, 11) is 0.992. The number of hydrogen-bond donors (Lipinski definition) is 2. The number of amides is 1. The molecule has 0 atom stereocenters. The van der Waals surface area contributed by atoms with Crippen molar-refractivity contribution in [2.45, 2.75) is 13.3 Å². The maximum atomic E-state index is 11.3. The maximum absolute atomic E-state index is 11.3. The van der Waals surface area contributed by atoms with Crippen LogP contribution in [0.2, 0.25) is 0 Å². The Kier molecular flexibility index (Phi) is 8.30. The fraction of sp³-hybridized carbons (Fsp3) is 0.545. The molecule has 10 nitrogen and oxygen atoms in total. The van der Waals surface area contributed by atoms with Crippen molar-refractivity contribution < 1.29 is 24.0 Å². The minimum absolute atomic E-state index is 0.0376. The molecule has 0 aliphatic carbocycles. The summed E-state index contributed by atoms with van der Waals surface area (Å²) in [6.45, 7) is 2.50. The SMILES string of the molecule is CCCOCCN=C(C(N)=O)C(=C(N)C(=O)OC)[N+](=O)[O-]. The zero-order valence-electron chi connectivity index (χ0n) is 11.8. The van der Waals surface area contributed by atoms with E-state index >= 15 is 0 Å². The lowest BCUT2D eigenvalue weighted by atomic mass is 10.2. The van der Waals surface area contributed by atoms with Crippen molar-refractivity contribution in [2.24, 2.45) is 16.5 Å². The van der Waals surface area contributed by atoms with Crippen molar-refractivity contribution in [3.05, 3.63) is 21.5 Å². The normalized spacial score (nSPS) is 12.6. The van der Waals surface area contributed by atoms with Crippen molar-refractivity contribution in [2.75, 3.05) is 26.9 Å². The van der Waals surface area contributed by atoms with Crippen molar-refractivity contribution in [3.8, 4) is 0 Å². The van der Waals surface area contributed by atoms with Gasteiger partial charge in [0.15, 0.2) is 5.70 Å². The van der Waals surface area contributed by atoms with Gasteiger partial charge in [-0.2, -0.15) is 0 Å². The Hall–Kier alpha value is -2.49. The van der Waals surface area contributed by atoms with Gasteiger partial charge in [0.2, 0.25) is 5.71 Å². The molecule has 118 valence electrons. The molecule has 0 fully saturated rings. The van der Waals surface area contributed by atoms with E-state index in [1.807, 2.05) is 6.92 Å². The number of methoxy groups -OCH3 is 1. The monoisotopic (exact) mass is 302 g/mol. The highest BCUT2D eigenvalue weighted by Crippen LogP contribution is 2.06. The van der Waals surface area contributed by atoms with E-state index in [2.05, 4.69) is 9.73 Å². The summed E-state index contributed by atoms with van der Waals surface area (Å²) in [5.74, 6) is -2.33. The fourth-order valence-corrected chi connectivity index (χ4v) is 1.26. The minimum atomic E-state index is -1.18. The van der Waals surface area contributed by atoms with Gasteiger partial charge in [-0.1, -0.05) is 6.92 Å². The van der Waals surface area contributed by atoms with E-state index in [9.17, 15) is 19.7 Å². The number of nitro groups is 1. The third-order valence-electron chi connectivity index (χ3n) is 2.15. The summed E-state index contributed by atoms with van der Waals surface area (Å²) >= 11 is 0. The summed E-state index contributed by atoms with van der Waals surface area (Å²) in [5.41, 5.74) is 7.81. The second-order valence-electron chi connectivity index (χ2n) is 3.72. The second kappa shape index (κ2) is 9.42. The molecule has 0 heterocycles. The molecule has 21 heavy (non-hydrogen) atoms. The van der Waals surface area contributed by atoms with E-state index in [1.54, 1.807) is 0 Å². The zero-order valence-corrected chi connectivity index (χ0v) is 11.8. The van der Waals surface area contributed by atoms with E-state index in [0.717, 1.165) is 13.5 Å². The van der Waals surface area contributed by atoms with E-state index in [1.165, 1.54) is 0 Å². The summed E-state index contributed by atoms with van der Waals surface area (Å²) < 4.78 is 9.39. The van der Waals surface area contributed by atoms with Gasteiger partial charge in [0, 0.05) is 6.61 Å². The van der Waals surface area contributed by atoms with Crippen LogP contribution in [0.4, 0.5) is 0 Å². The minimum Gasteiger partial charge on any atom is -0.464 e. The molecule has 0 radical (unpaired) electrons. The molecule has 1 amide bonds. The molecule has 0 saturated carbocycles. The molecule has 0 rings (SSSR count). The molecular formula is C11H18N4O6. The number of carbonyl (C=O) groups excluding carboxylic acids is 2. The summed E-state index contributed by atoms with van der Waals surface area (Å²) in [6, 6.07) is 0. The standard InChI is InChI=1S/C11H18N4O6/c1-3-5-21-6-4-14-8(10(13)16)9(15(18)19)7(12)11(17)20-2/h3-6,12H2,1-2H3,(H2,13,16). The van der Waals surface area contributed by atoms with Crippen molar-refractivity contribution in [3.63, 3.8) is 0 Å². The first-order chi connectivity index (χ1) is 9.86. The van der Waals surface area contributed by atoms with Crippen LogP contribution in [0.1, 0.15) is 13.3 Å². The van der Waals surface area contributed by atoms with Crippen LogP contribution in [-0.2, 0) is 19.1 Å². The van der Waals surface area contributed by atoms with E-state index < -0.39 is 33.9 Å². The van der Waals surface area contributed by atoms with Crippen LogP contribution in [0.25, 0.3) is 0 Å². The molecular weight excluding hydrogens is 284 g/mol. The molecule has 0 aliphatic rings. The predicted molar refractivity (Wildman–Crippen MR) is 72.8 cm³/mol. The Morgan fingerprint density at radius 1 is 1.29 bits per heavy atom. The average Bonchev–Trinajstić information content (AvgIpc) is 2.43. The highest BCUT2D eigenvalue weighted by Gasteiger charge is 2.31. The Morgan fingerprint density at radius 2 is 1.90 bits per heavy atom. The van der Waals surface area contributed by atoms with Crippen molar-refractivity contribution in [1.82, 2.24) is 0 Å². The molecule has 0 bridgehead atoms. The molecule has 4 N–H and O–H groups in total. The maximum Gasteiger partial charge on any atom is 0.361 e. The highest BCUT2D eigenvalue weighted by atomic mass is 16.6. The third-order valence-corrected chi connectivity index (χ3v) is 2.15. The van der Waals surface area contributed by atoms with Crippen molar-refractivity contribution in [1.29, 1.82) is 0 Å². The van der Waals surface area contributed by atoms with E-state index in [4.69, 9.17) is 16.2 Å². The molecule has 0 aliphatic heterocycles. The van der Waals surface area contributed by atoms with Gasteiger partial charge in [0.1, 0.15) is 0 Å². The first kappa shape index (κ1) is 18.5. The smallest absolute Gasteiger partial charge is 0.361 e. The van der Waals surface area contributed by atoms with E-state index in [0.29, 0.717) is 6.61 Å². The van der Waals surface area contributed by atoms with Gasteiger partial charge >= 0.3 is 11.7 Å². The Morgan fingerprint density at radius 3 is 2.33 bits per heavy atom. The molecule has 0 spiro atoms. The van der Waals surface area contributed by atoms with Crippen LogP contribution in [-0.4, -0.2) is 49.4 Å². The number of hydrogen-bond acceptors (Lipinski definition) is 8. The highest BCUT2D eigenvalue weighted by molar-refractivity contribution is 6.44. The summed E-state index contributed by atoms with van der Waals surface area (Å²) in [6.07, 6.45) is 0.793. The zero-order chi connectivity index (χ0) is 16.4. The lowest BCUT2D eigenvalue weighted by molar-refractivity contribution is -0.416. The fourth-order valence-electron chi connectivity index (χ4n) is 1.26. The molecule has 0 aromatic heterocycles. The second-order valence-corrected chi connectivity index (χ2v) is 3.72.